The fourth-order valence-corrected chi connectivity index (χ4v) is 2.29. The Labute approximate surface area is 126 Å². The molecule has 112 valence electrons. The highest BCUT2D eigenvalue weighted by Gasteiger charge is 2.13. The third-order valence-corrected chi connectivity index (χ3v) is 3.38. The lowest BCUT2D eigenvalue weighted by molar-refractivity contribution is 0.148. The Kier molecular flexibility index (Phi) is 6.25. The fourth-order valence-electron chi connectivity index (χ4n) is 2.29. The first-order valence-corrected chi connectivity index (χ1v) is 7.35. The first kappa shape index (κ1) is 15.5. The lowest BCUT2D eigenvalue weighted by Gasteiger charge is -2.20. The SMILES string of the molecule is CCOCCNC(c1ccccc1)c1ccc(OC)cc1. The van der Waals surface area contributed by atoms with Crippen LogP contribution in [0.4, 0.5) is 0 Å². The van der Waals surface area contributed by atoms with E-state index in [0.717, 1.165) is 25.5 Å². The van der Waals surface area contributed by atoms with Crippen LogP contribution in [-0.2, 0) is 4.74 Å². The highest BCUT2D eigenvalue weighted by molar-refractivity contribution is 5.35. The van der Waals surface area contributed by atoms with Crippen LogP contribution in [0.1, 0.15) is 24.1 Å². The molecule has 0 heterocycles. The summed E-state index contributed by atoms with van der Waals surface area (Å²) in [6, 6.07) is 18.8. The fraction of sp³-hybridized carbons (Fsp3) is 0.333. The number of hydrogen-bond donors (Lipinski definition) is 1. The van der Waals surface area contributed by atoms with E-state index in [2.05, 4.69) is 41.7 Å². The van der Waals surface area contributed by atoms with E-state index in [1.54, 1.807) is 7.11 Å². The summed E-state index contributed by atoms with van der Waals surface area (Å²) in [5.41, 5.74) is 2.47. The van der Waals surface area contributed by atoms with Crippen molar-refractivity contribution in [2.45, 2.75) is 13.0 Å². The summed E-state index contributed by atoms with van der Waals surface area (Å²) in [6.07, 6.45) is 0. The molecule has 0 aliphatic rings. The quantitative estimate of drug-likeness (QED) is 0.754. The number of ether oxygens (including phenoxy) is 2. The highest BCUT2D eigenvalue weighted by atomic mass is 16.5. The molecule has 0 amide bonds. The predicted molar refractivity (Wildman–Crippen MR) is 85.8 cm³/mol. The van der Waals surface area contributed by atoms with E-state index in [1.807, 2.05) is 25.1 Å². The molecule has 0 aliphatic heterocycles. The molecule has 1 unspecified atom stereocenters. The summed E-state index contributed by atoms with van der Waals surface area (Å²) in [5, 5.41) is 3.56. The van der Waals surface area contributed by atoms with Gasteiger partial charge in [-0.1, -0.05) is 42.5 Å². The van der Waals surface area contributed by atoms with Gasteiger partial charge in [0, 0.05) is 13.2 Å². The van der Waals surface area contributed by atoms with E-state index in [0.29, 0.717) is 0 Å². The van der Waals surface area contributed by atoms with E-state index in [9.17, 15) is 0 Å². The zero-order chi connectivity index (χ0) is 14.9. The summed E-state index contributed by atoms with van der Waals surface area (Å²) in [5.74, 6) is 0.875. The maximum atomic E-state index is 5.41. The Hall–Kier alpha value is -1.84. The lowest BCUT2D eigenvalue weighted by atomic mass is 9.98. The van der Waals surface area contributed by atoms with Crippen molar-refractivity contribution in [3.8, 4) is 5.75 Å². The minimum absolute atomic E-state index is 0.164. The molecule has 2 rings (SSSR count). The van der Waals surface area contributed by atoms with Crippen molar-refractivity contribution >= 4 is 0 Å². The third kappa shape index (κ3) is 4.59. The Balaban J connectivity index is 2.14. The molecule has 2 aromatic carbocycles. The second-order valence-electron chi connectivity index (χ2n) is 4.77. The van der Waals surface area contributed by atoms with Crippen molar-refractivity contribution in [3.05, 3.63) is 65.7 Å². The standard InChI is InChI=1S/C18H23NO2/c1-3-21-14-13-19-18(15-7-5-4-6-8-15)16-9-11-17(20-2)12-10-16/h4-12,18-19H,3,13-14H2,1-2H3. The van der Waals surface area contributed by atoms with Gasteiger partial charge in [-0.25, -0.2) is 0 Å². The average molecular weight is 285 g/mol. The largest absolute Gasteiger partial charge is 0.497 e. The normalized spacial score (nSPS) is 12.1. The number of methoxy groups -OCH3 is 1. The van der Waals surface area contributed by atoms with Gasteiger partial charge in [-0.05, 0) is 30.2 Å². The second kappa shape index (κ2) is 8.45. The number of hydrogen-bond acceptors (Lipinski definition) is 3. The molecule has 0 bridgehead atoms. The summed E-state index contributed by atoms with van der Waals surface area (Å²) < 4.78 is 10.6. The van der Waals surface area contributed by atoms with Crippen LogP contribution in [0.2, 0.25) is 0 Å². The van der Waals surface area contributed by atoms with Gasteiger partial charge in [0.2, 0.25) is 0 Å². The molecule has 2 aromatic rings. The van der Waals surface area contributed by atoms with Crippen molar-refractivity contribution in [1.29, 1.82) is 0 Å². The first-order valence-electron chi connectivity index (χ1n) is 7.35. The third-order valence-electron chi connectivity index (χ3n) is 3.38. The molecule has 0 saturated carbocycles. The molecule has 1 N–H and O–H groups in total. The Morgan fingerprint density at radius 2 is 1.62 bits per heavy atom. The number of rotatable bonds is 8. The van der Waals surface area contributed by atoms with Crippen LogP contribution >= 0.6 is 0 Å². The van der Waals surface area contributed by atoms with Crippen LogP contribution in [-0.4, -0.2) is 26.9 Å². The van der Waals surface area contributed by atoms with E-state index < -0.39 is 0 Å². The van der Waals surface area contributed by atoms with Crippen LogP contribution in [0.5, 0.6) is 5.75 Å². The zero-order valence-corrected chi connectivity index (χ0v) is 12.7. The van der Waals surface area contributed by atoms with Crippen molar-refractivity contribution in [2.24, 2.45) is 0 Å². The minimum Gasteiger partial charge on any atom is -0.497 e. The monoisotopic (exact) mass is 285 g/mol. The van der Waals surface area contributed by atoms with Crippen molar-refractivity contribution in [2.75, 3.05) is 26.9 Å². The molecule has 0 radical (unpaired) electrons. The van der Waals surface area contributed by atoms with Gasteiger partial charge in [-0.15, -0.1) is 0 Å². The Morgan fingerprint density at radius 3 is 2.24 bits per heavy atom. The van der Waals surface area contributed by atoms with Gasteiger partial charge in [-0.2, -0.15) is 0 Å². The second-order valence-corrected chi connectivity index (χ2v) is 4.77. The van der Waals surface area contributed by atoms with Crippen LogP contribution in [0.15, 0.2) is 54.6 Å². The molecule has 0 saturated heterocycles. The van der Waals surface area contributed by atoms with Gasteiger partial charge in [0.05, 0.1) is 19.8 Å². The minimum atomic E-state index is 0.164. The van der Waals surface area contributed by atoms with Gasteiger partial charge in [0.15, 0.2) is 0 Å². The molecule has 0 spiro atoms. The summed E-state index contributed by atoms with van der Waals surface area (Å²) >= 11 is 0. The van der Waals surface area contributed by atoms with E-state index in [4.69, 9.17) is 9.47 Å². The van der Waals surface area contributed by atoms with E-state index >= 15 is 0 Å². The average Bonchev–Trinajstić information content (AvgIpc) is 2.56. The van der Waals surface area contributed by atoms with E-state index in [1.165, 1.54) is 11.1 Å². The molecule has 3 heteroatoms. The number of nitrogens with one attached hydrogen (secondary N) is 1. The first-order chi connectivity index (χ1) is 10.3. The van der Waals surface area contributed by atoms with E-state index in [-0.39, 0.29) is 6.04 Å². The van der Waals surface area contributed by atoms with Crippen LogP contribution in [0.3, 0.4) is 0 Å². The molecule has 21 heavy (non-hydrogen) atoms. The predicted octanol–water partition coefficient (Wildman–Crippen LogP) is 3.41. The summed E-state index contributed by atoms with van der Waals surface area (Å²) in [7, 11) is 1.68. The van der Waals surface area contributed by atoms with Gasteiger partial charge >= 0.3 is 0 Å². The Morgan fingerprint density at radius 1 is 0.952 bits per heavy atom. The van der Waals surface area contributed by atoms with Gasteiger partial charge in [-0.3, -0.25) is 0 Å². The summed E-state index contributed by atoms with van der Waals surface area (Å²) in [6.45, 7) is 4.30. The molecular weight excluding hydrogens is 262 g/mol. The molecular formula is C18H23NO2. The maximum absolute atomic E-state index is 5.41. The van der Waals surface area contributed by atoms with Crippen LogP contribution < -0.4 is 10.1 Å². The topological polar surface area (TPSA) is 30.5 Å². The van der Waals surface area contributed by atoms with Gasteiger partial charge in [0.25, 0.3) is 0 Å². The zero-order valence-electron chi connectivity index (χ0n) is 12.7. The van der Waals surface area contributed by atoms with Crippen molar-refractivity contribution < 1.29 is 9.47 Å². The molecule has 0 fully saturated rings. The lowest BCUT2D eigenvalue weighted by Crippen LogP contribution is -2.26. The Bertz CT molecular complexity index is 511. The summed E-state index contributed by atoms with van der Waals surface area (Å²) in [4.78, 5) is 0. The molecule has 0 aliphatic carbocycles. The maximum Gasteiger partial charge on any atom is 0.118 e. The van der Waals surface area contributed by atoms with Crippen molar-refractivity contribution in [3.63, 3.8) is 0 Å². The molecule has 3 nitrogen and oxygen atoms in total. The van der Waals surface area contributed by atoms with Crippen molar-refractivity contribution in [1.82, 2.24) is 5.32 Å². The van der Waals surface area contributed by atoms with Crippen LogP contribution in [0.25, 0.3) is 0 Å². The smallest absolute Gasteiger partial charge is 0.118 e. The van der Waals surface area contributed by atoms with Crippen LogP contribution in [0, 0.1) is 0 Å². The highest BCUT2D eigenvalue weighted by Crippen LogP contribution is 2.23. The van der Waals surface area contributed by atoms with Gasteiger partial charge in [0.1, 0.15) is 5.75 Å². The molecule has 1 atom stereocenters. The van der Waals surface area contributed by atoms with Gasteiger partial charge < -0.3 is 14.8 Å². The molecule has 0 aromatic heterocycles. The number of benzene rings is 2.